The molecule has 24 heavy (non-hydrogen) atoms. The van der Waals surface area contributed by atoms with E-state index in [-0.39, 0.29) is 11.5 Å². The van der Waals surface area contributed by atoms with Crippen LogP contribution in [0.15, 0.2) is 49.1 Å². The van der Waals surface area contributed by atoms with Crippen LogP contribution in [0.5, 0.6) is 0 Å². The quantitative estimate of drug-likeness (QED) is 0.483. The molecule has 1 heterocycles. The summed E-state index contributed by atoms with van der Waals surface area (Å²) >= 11 is 5.82. The number of hydrogen-bond donors (Lipinski definition) is 0. The number of halogens is 1. The lowest BCUT2D eigenvalue weighted by Crippen LogP contribution is -2.36. The Labute approximate surface area is 143 Å². The first-order chi connectivity index (χ1) is 11.3. The zero-order chi connectivity index (χ0) is 17.9. The first kappa shape index (κ1) is 17.6. The summed E-state index contributed by atoms with van der Waals surface area (Å²) in [4.78, 5) is 30.3. The Morgan fingerprint density at radius 2 is 1.67 bits per heavy atom. The molecular formula is C15H17ClN6O2. The van der Waals surface area contributed by atoms with Gasteiger partial charge in [0.15, 0.2) is 11.5 Å². The Hall–Kier alpha value is -2.74. The number of azo groups is 1. The molecule has 0 unspecified atom stereocenters. The van der Waals surface area contributed by atoms with Crippen molar-refractivity contribution in [2.24, 2.45) is 29.3 Å². The molecule has 0 saturated carbocycles. The van der Waals surface area contributed by atoms with E-state index in [2.05, 4.69) is 15.2 Å². The van der Waals surface area contributed by atoms with Gasteiger partial charge in [-0.2, -0.15) is 5.11 Å². The summed E-state index contributed by atoms with van der Waals surface area (Å²) < 4.78 is 2.21. The lowest BCUT2D eigenvalue weighted by molar-refractivity contribution is 0.639. The van der Waals surface area contributed by atoms with Gasteiger partial charge in [0.05, 0.1) is 12.0 Å². The van der Waals surface area contributed by atoms with Crippen molar-refractivity contribution >= 4 is 35.1 Å². The molecule has 1 aromatic carbocycles. The van der Waals surface area contributed by atoms with Crippen molar-refractivity contribution in [1.82, 2.24) is 14.0 Å². The minimum absolute atomic E-state index is 0.0207. The molecule has 0 aliphatic heterocycles. The minimum Gasteiger partial charge on any atom is -0.369 e. The van der Waals surface area contributed by atoms with E-state index < -0.39 is 11.2 Å². The Morgan fingerprint density at radius 3 is 2.25 bits per heavy atom. The molecule has 126 valence electrons. The Morgan fingerprint density at radius 1 is 1.04 bits per heavy atom. The van der Waals surface area contributed by atoms with Crippen LogP contribution in [0.25, 0.3) is 0 Å². The Bertz CT molecular complexity index is 909. The van der Waals surface area contributed by atoms with Crippen LogP contribution in [0.1, 0.15) is 0 Å². The van der Waals surface area contributed by atoms with Gasteiger partial charge >= 0.3 is 5.69 Å². The SMILES string of the molecule is CN(C)/C=N/c1c(N=Nc2ccc(Cl)cc2)c(=O)n(C)c(=O)n1C. The fraction of sp³-hybridized carbons (Fsp3) is 0.267. The van der Waals surface area contributed by atoms with E-state index in [9.17, 15) is 9.59 Å². The van der Waals surface area contributed by atoms with Crippen molar-refractivity contribution in [1.29, 1.82) is 0 Å². The number of aliphatic imine (C=N–C) groups is 1. The standard InChI is InChI=1S/C15H17ClN6O2/c1-20(2)9-17-13-12(14(23)22(4)15(24)21(13)3)19-18-11-7-5-10(16)6-8-11/h5-9H,1-4H3/b17-9+,19-18?. The van der Waals surface area contributed by atoms with Gasteiger partial charge in [-0.25, -0.2) is 9.79 Å². The van der Waals surface area contributed by atoms with Crippen LogP contribution < -0.4 is 11.2 Å². The lowest BCUT2D eigenvalue weighted by atomic mass is 10.3. The predicted octanol–water partition coefficient (Wildman–Crippen LogP) is 2.37. The van der Waals surface area contributed by atoms with Gasteiger partial charge in [0.1, 0.15) is 0 Å². The Balaban J connectivity index is 2.60. The van der Waals surface area contributed by atoms with Crippen molar-refractivity contribution in [3.8, 4) is 0 Å². The maximum atomic E-state index is 12.4. The monoisotopic (exact) mass is 348 g/mol. The van der Waals surface area contributed by atoms with Gasteiger partial charge in [-0.15, -0.1) is 5.11 Å². The molecule has 9 heteroatoms. The summed E-state index contributed by atoms with van der Waals surface area (Å²) in [6.07, 6.45) is 1.48. The molecule has 0 fully saturated rings. The second kappa shape index (κ2) is 7.22. The molecule has 0 atom stereocenters. The van der Waals surface area contributed by atoms with Gasteiger partial charge in [0, 0.05) is 33.2 Å². The van der Waals surface area contributed by atoms with Gasteiger partial charge in [0.2, 0.25) is 0 Å². The number of nitrogens with zero attached hydrogens (tertiary/aromatic N) is 6. The smallest absolute Gasteiger partial charge is 0.332 e. The lowest BCUT2D eigenvalue weighted by Gasteiger charge is -2.09. The number of benzene rings is 1. The largest absolute Gasteiger partial charge is 0.369 e. The van der Waals surface area contributed by atoms with Crippen molar-refractivity contribution < 1.29 is 0 Å². The molecule has 1 aromatic heterocycles. The third kappa shape index (κ3) is 3.77. The molecule has 2 rings (SSSR count). The molecule has 0 amide bonds. The van der Waals surface area contributed by atoms with Gasteiger partial charge in [-0.3, -0.25) is 13.9 Å². The summed E-state index contributed by atoms with van der Waals surface area (Å²) in [6.45, 7) is 0. The van der Waals surface area contributed by atoms with E-state index in [0.717, 1.165) is 4.57 Å². The molecule has 0 N–H and O–H groups in total. The van der Waals surface area contributed by atoms with Crippen molar-refractivity contribution in [3.05, 3.63) is 50.1 Å². The average molecular weight is 349 g/mol. The molecule has 0 bridgehead atoms. The minimum atomic E-state index is -0.568. The van der Waals surface area contributed by atoms with Crippen LogP contribution in [-0.4, -0.2) is 34.5 Å². The molecule has 0 spiro atoms. The summed E-state index contributed by atoms with van der Waals surface area (Å²) in [7, 11) is 6.45. The molecule has 8 nitrogen and oxygen atoms in total. The van der Waals surface area contributed by atoms with E-state index in [1.54, 1.807) is 43.3 Å². The highest BCUT2D eigenvalue weighted by Crippen LogP contribution is 2.24. The van der Waals surface area contributed by atoms with E-state index in [1.807, 2.05) is 0 Å². The van der Waals surface area contributed by atoms with Crippen LogP contribution >= 0.6 is 11.6 Å². The normalized spacial score (nSPS) is 11.5. The molecular weight excluding hydrogens is 332 g/mol. The first-order valence-electron chi connectivity index (χ1n) is 6.99. The predicted molar refractivity (Wildman–Crippen MR) is 94.4 cm³/mol. The maximum absolute atomic E-state index is 12.4. The molecule has 2 aromatic rings. The van der Waals surface area contributed by atoms with Crippen molar-refractivity contribution in [2.75, 3.05) is 14.1 Å². The molecule has 0 aliphatic carbocycles. The average Bonchev–Trinajstić information content (AvgIpc) is 2.55. The van der Waals surface area contributed by atoms with E-state index >= 15 is 0 Å². The highest BCUT2D eigenvalue weighted by molar-refractivity contribution is 6.30. The third-order valence-electron chi connectivity index (χ3n) is 3.11. The summed E-state index contributed by atoms with van der Waals surface area (Å²) in [6, 6.07) is 6.67. The summed E-state index contributed by atoms with van der Waals surface area (Å²) in [5.41, 5.74) is -0.552. The number of rotatable bonds is 4. The van der Waals surface area contributed by atoms with E-state index in [1.165, 1.54) is 25.0 Å². The zero-order valence-electron chi connectivity index (χ0n) is 13.8. The highest BCUT2D eigenvalue weighted by atomic mass is 35.5. The van der Waals surface area contributed by atoms with E-state index in [4.69, 9.17) is 11.6 Å². The first-order valence-corrected chi connectivity index (χ1v) is 7.37. The van der Waals surface area contributed by atoms with Gasteiger partial charge in [0.25, 0.3) is 5.56 Å². The Kier molecular flexibility index (Phi) is 5.30. The van der Waals surface area contributed by atoms with Gasteiger partial charge < -0.3 is 4.90 Å². The maximum Gasteiger partial charge on any atom is 0.332 e. The highest BCUT2D eigenvalue weighted by Gasteiger charge is 2.14. The third-order valence-corrected chi connectivity index (χ3v) is 3.37. The molecule has 0 radical (unpaired) electrons. The summed E-state index contributed by atoms with van der Waals surface area (Å²) in [5, 5.41) is 8.60. The van der Waals surface area contributed by atoms with E-state index in [0.29, 0.717) is 10.7 Å². The van der Waals surface area contributed by atoms with Gasteiger partial charge in [-0.05, 0) is 24.3 Å². The van der Waals surface area contributed by atoms with Crippen molar-refractivity contribution in [2.45, 2.75) is 0 Å². The number of aromatic nitrogens is 2. The second-order valence-electron chi connectivity index (χ2n) is 5.26. The zero-order valence-corrected chi connectivity index (χ0v) is 14.5. The molecule has 0 aliphatic rings. The van der Waals surface area contributed by atoms with Crippen LogP contribution in [-0.2, 0) is 14.1 Å². The van der Waals surface area contributed by atoms with Crippen LogP contribution in [0.4, 0.5) is 17.2 Å². The van der Waals surface area contributed by atoms with Gasteiger partial charge in [-0.1, -0.05) is 11.6 Å². The van der Waals surface area contributed by atoms with Crippen LogP contribution in [0, 0.1) is 0 Å². The van der Waals surface area contributed by atoms with Crippen LogP contribution in [0.2, 0.25) is 5.02 Å². The molecule has 0 saturated heterocycles. The second-order valence-corrected chi connectivity index (χ2v) is 5.70. The van der Waals surface area contributed by atoms with Crippen LogP contribution in [0.3, 0.4) is 0 Å². The fourth-order valence-electron chi connectivity index (χ4n) is 1.84. The number of hydrogen-bond acceptors (Lipinski definition) is 5. The topological polar surface area (TPSA) is 84.3 Å². The van der Waals surface area contributed by atoms with Crippen molar-refractivity contribution in [3.63, 3.8) is 0 Å². The fourth-order valence-corrected chi connectivity index (χ4v) is 1.96. The summed E-state index contributed by atoms with van der Waals surface area (Å²) in [5.74, 6) is 0.134.